The van der Waals surface area contributed by atoms with Crippen molar-refractivity contribution in [1.82, 2.24) is 20.4 Å². The van der Waals surface area contributed by atoms with Crippen LogP contribution in [0.2, 0.25) is 0 Å². The number of hydrogen-bond donors (Lipinski definition) is 3. The molecule has 2 aliphatic rings. The summed E-state index contributed by atoms with van der Waals surface area (Å²) >= 11 is 0. The van der Waals surface area contributed by atoms with Gasteiger partial charge in [0.25, 0.3) is 0 Å². The predicted octanol–water partition coefficient (Wildman–Crippen LogP) is 3.11. The van der Waals surface area contributed by atoms with E-state index in [0.29, 0.717) is 13.0 Å². The number of rotatable bonds is 7. The molecular weight excluding hydrogens is 512 g/mol. The number of allylic oxidation sites excluding steroid dienone is 1. The van der Waals surface area contributed by atoms with Crippen molar-refractivity contribution >= 4 is 23.7 Å². The van der Waals surface area contributed by atoms with E-state index in [9.17, 15) is 28.3 Å². The fraction of sp³-hybridized carbons (Fsp3) is 0.370. The second-order valence-electron chi connectivity index (χ2n) is 9.31. The van der Waals surface area contributed by atoms with Gasteiger partial charge in [-0.1, -0.05) is 18.2 Å². The molecule has 0 radical (unpaired) electrons. The third-order valence-electron chi connectivity index (χ3n) is 6.85. The molecule has 0 bridgehead atoms. The lowest BCUT2D eigenvalue weighted by molar-refractivity contribution is -0.136. The highest BCUT2D eigenvalue weighted by Crippen LogP contribution is 2.35. The van der Waals surface area contributed by atoms with Crippen molar-refractivity contribution in [2.45, 2.75) is 19.4 Å². The first-order valence-corrected chi connectivity index (χ1v) is 12.6. The second kappa shape index (κ2) is 12.1. The van der Waals surface area contributed by atoms with Gasteiger partial charge in [-0.3, -0.25) is 4.90 Å². The summed E-state index contributed by atoms with van der Waals surface area (Å²) in [6.45, 7) is 5.45. The summed E-state index contributed by atoms with van der Waals surface area (Å²) in [5.74, 6) is -2.85. The quantitative estimate of drug-likeness (QED) is 0.363. The number of benzene rings is 2. The molecule has 1 saturated heterocycles. The van der Waals surface area contributed by atoms with E-state index >= 15 is 0 Å². The maximum atomic E-state index is 14.1. The highest BCUT2D eigenvalue weighted by Gasteiger charge is 2.42. The van der Waals surface area contributed by atoms with Crippen LogP contribution in [0.4, 0.5) is 24.1 Å². The second-order valence-corrected chi connectivity index (χ2v) is 9.31. The number of methoxy groups -OCH3 is 1. The van der Waals surface area contributed by atoms with Crippen LogP contribution in [0.1, 0.15) is 24.9 Å². The van der Waals surface area contributed by atoms with Crippen LogP contribution in [-0.4, -0.2) is 79.3 Å². The maximum absolute atomic E-state index is 14.1. The fourth-order valence-corrected chi connectivity index (χ4v) is 4.85. The Labute approximate surface area is 224 Å². The number of para-hydroxylation sites is 2. The normalized spacial score (nSPS) is 18.2. The highest BCUT2D eigenvalue weighted by atomic mass is 19.2. The molecule has 0 spiro atoms. The van der Waals surface area contributed by atoms with Crippen LogP contribution in [0.5, 0.6) is 5.75 Å². The summed E-state index contributed by atoms with van der Waals surface area (Å²) in [5, 5.41) is 15.2. The summed E-state index contributed by atoms with van der Waals surface area (Å²) in [7, 11) is 1.15. The Morgan fingerprint density at radius 1 is 1.10 bits per heavy atom. The van der Waals surface area contributed by atoms with Gasteiger partial charge in [-0.25, -0.2) is 28.1 Å². The number of aromatic hydroxyl groups is 1. The molecular formula is C27H31F2N5O5. The van der Waals surface area contributed by atoms with E-state index in [0.717, 1.165) is 56.0 Å². The predicted molar refractivity (Wildman–Crippen MR) is 139 cm³/mol. The van der Waals surface area contributed by atoms with Gasteiger partial charge in [0.15, 0.2) is 11.6 Å². The van der Waals surface area contributed by atoms with Crippen LogP contribution < -0.4 is 15.5 Å². The zero-order chi connectivity index (χ0) is 28.1. The largest absolute Gasteiger partial charge is 0.506 e. The van der Waals surface area contributed by atoms with Gasteiger partial charge in [0.05, 0.1) is 18.4 Å². The number of amides is 4. The smallest absolute Gasteiger partial charge is 0.337 e. The van der Waals surface area contributed by atoms with Gasteiger partial charge >= 0.3 is 18.0 Å². The van der Waals surface area contributed by atoms with Crippen LogP contribution in [-0.2, 0) is 9.53 Å². The van der Waals surface area contributed by atoms with Gasteiger partial charge in [-0.05, 0) is 49.7 Å². The van der Waals surface area contributed by atoms with Crippen molar-refractivity contribution in [1.29, 1.82) is 0 Å². The molecule has 0 aromatic heterocycles. The Hall–Kier alpha value is -4.19. The number of urea groups is 2. The molecule has 10 nitrogen and oxygen atoms in total. The minimum absolute atomic E-state index is 0.0426. The Morgan fingerprint density at radius 3 is 2.49 bits per heavy atom. The third-order valence-corrected chi connectivity index (χ3v) is 6.85. The highest BCUT2D eigenvalue weighted by molar-refractivity contribution is 6.01. The van der Waals surface area contributed by atoms with E-state index in [1.807, 2.05) is 12.1 Å². The maximum Gasteiger partial charge on any atom is 0.337 e. The number of piperazine rings is 1. The van der Waals surface area contributed by atoms with E-state index in [2.05, 4.69) is 20.4 Å². The average molecular weight is 544 g/mol. The van der Waals surface area contributed by atoms with Gasteiger partial charge in [0, 0.05) is 38.4 Å². The van der Waals surface area contributed by atoms with Gasteiger partial charge in [0.1, 0.15) is 11.8 Å². The molecule has 4 rings (SSSR count). The van der Waals surface area contributed by atoms with Crippen LogP contribution >= 0.6 is 0 Å². The number of phenolic OH excluding ortho intramolecular Hbond substituents is 1. The molecule has 2 aromatic rings. The van der Waals surface area contributed by atoms with Crippen molar-refractivity contribution < 1.29 is 33.0 Å². The SMILES string of the molecule is COC(=O)C1=C(C)NC(=O)N(C(=O)NCCCN2CCN(c3ccccc3O)CC2)C1c1ccc(F)c(F)c1. The van der Waals surface area contributed by atoms with Crippen molar-refractivity contribution in [2.24, 2.45) is 0 Å². The first kappa shape index (κ1) is 27.8. The number of anilines is 1. The van der Waals surface area contributed by atoms with Crippen LogP contribution in [0.15, 0.2) is 53.7 Å². The third kappa shape index (κ3) is 6.11. The molecule has 12 heteroatoms. The number of carbonyl (C=O) groups is 3. The van der Waals surface area contributed by atoms with Crippen molar-refractivity contribution in [3.8, 4) is 5.75 Å². The Morgan fingerprint density at radius 2 is 1.82 bits per heavy atom. The van der Waals surface area contributed by atoms with Crippen LogP contribution in [0.25, 0.3) is 0 Å². The lowest BCUT2D eigenvalue weighted by Gasteiger charge is -2.37. The first-order chi connectivity index (χ1) is 18.7. The average Bonchev–Trinajstić information content (AvgIpc) is 2.92. The van der Waals surface area contributed by atoms with Gasteiger partial charge in [-0.15, -0.1) is 0 Å². The lowest BCUT2D eigenvalue weighted by atomic mass is 9.94. The first-order valence-electron chi connectivity index (χ1n) is 12.6. The number of nitrogens with zero attached hydrogens (tertiary/aromatic N) is 3. The van der Waals surface area contributed by atoms with E-state index in [4.69, 9.17) is 4.74 Å². The summed E-state index contributed by atoms with van der Waals surface area (Å²) in [6.07, 6.45) is 0.590. The molecule has 1 unspecified atom stereocenters. The number of carbonyl (C=O) groups excluding carboxylic acids is 3. The molecule has 1 atom stereocenters. The lowest BCUT2D eigenvalue weighted by Crippen LogP contribution is -2.54. The molecule has 0 aliphatic carbocycles. The zero-order valence-corrected chi connectivity index (χ0v) is 21.7. The Kier molecular flexibility index (Phi) is 8.65. The molecule has 2 heterocycles. The summed E-state index contributed by atoms with van der Waals surface area (Å²) in [4.78, 5) is 43.7. The Balaban J connectivity index is 1.38. The minimum atomic E-state index is -1.32. The van der Waals surface area contributed by atoms with E-state index < -0.39 is 35.7 Å². The number of nitrogens with one attached hydrogen (secondary N) is 2. The van der Waals surface area contributed by atoms with Gasteiger partial charge in [0.2, 0.25) is 0 Å². The van der Waals surface area contributed by atoms with E-state index in [-0.39, 0.29) is 29.1 Å². The van der Waals surface area contributed by atoms with Gasteiger partial charge < -0.3 is 25.4 Å². The summed E-state index contributed by atoms with van der Waals surface area (Å²) in [6, 6.07) is 7.23. The molecule has 4 amide bonds. The molecule has 2 aromatic carbocycles. The van der Waals surface area contributed by atoms with E-state index in [1.54, 1.807) is 12.1 Å². The van der Waals surface area contributed by atoms with Crippen molar-refractivity contribution in [3.05, 3.63) is 70.9 Å². The number of phenols is 1. The Bertz CT molecular complexity index is 1280. The molecule has 1 fully saturated rings. The molecule has 2 aliphatic heterocycles. The number of ether oxygens (including phenoxy) is 1. The molecule has 0 saturated carbocycles. The number of hydrogen-bond acceptors (Lipinski definition) is 7. The van der Waals surface area contributed by atoms with Crippen LogP contribution in [0.3, 0.4) is 0 Å². The summed E-state index contributed by atoms with van der Waals surface area (Å²) in [5.41, 5.74) is 0.922. The topological polar surface area (TPSA) is 114 Å². The minimum Gasteiger partial charge on any atom is -0.506 e. The van der Waals surface area contributed by atoms with Crippen molar-refractivity contribution in [3.63, 3.8) is 0 Å². The number of esters is 1. The molecule has 3 N–H and O–H groups in total. The zero-order valence-electron chi connectivity index (χ0n) is 21.7. The number of imide groups is 1. The van der Waals surface area contributed by atoms with Gasteiger partial charge in [-0.2, -0.15) is 0 Å². The van der Waals surface area contributed by atoms with E-state index in [1.165, 1.54) is 13.0 Å². The number of halogens is 2. The molecule has 208 valence electrons. The monoisotopic (exact) mass is 543 g/mol. The molecule has 39 heavy (non-hydrogen) atoms. The van der Waals surface area contributed by atoms with Crippen molar-refractivity contribution in [2.75, 3.05) is 51.3 Å². The standard InChI is InChI=1S/C27H31F2N5O5/c1-17-23(25(36)39-2)24(18-8-9-19(28)20(29)16-18)34(27(38)31-17)26(37)30-10-5-11-32-12-14-33(15-13-32)21-6-3-4-7-22(21)35/h3-4,6-9,16,24,35H,5,10-15H2,1-2H3,(H,30,37)(H,31,38). The summed E-state index contributed by atoms with van der Waals surface area (Å²) < 4.78 is 32.5. The van der Waals surface area contributed by atoms with Crippen LogP contribution in [0, 0.1) is 11.6 Å². The fourth-order valence-electron chi connectivity index (χ4n) is 4.85.